The Morgan fingerprint density at radius 2 is 1.48 bits per heavy atom. The van der Waals surface area contributed by atoms with Crippen molar-refractivity contribution in [2.45, 2.75) is 40.0 Å². The second kappa shape index (κ2) is 8.07. The molecule has 2 aromatic carbocycles. The lowest BCUT2D eigenvalue weighted by molar-refractivity contribution is -0.143. The standard InChI is InChI=1S/C23H22F6N2O2/c1-12-6-5-7-13(2)18(12)31-11-21(4,14(3)19(31)32)20(33)30-17-9-15(22(24,25)26)8-16(10-17)23(27,28)29/h5-10,14H,11H2,1-4H3,(H,30,33)/t14?,21-/m1/s1. The smallest absolute Gasteiger partial charge is 0.326 e. The number of hydrogen-bond donors (Lipinski definition) is 1. The van der Waals surface area contributed by atoms with Gasteiger partial charge in [0, 0.05) is 17.9 Å². The van der Waals surface area contributed by atoms with Crippen molar-refractivity contribution in [2.24, 2.45) is 11.3 Å². The normalized spacial score (nSPS) is 21.5. The highest BCUT2D eigenvalue weighted by atomic mass is 19.4. The molecule has 1 aliphatic heterocycles. The summed E-state index contributed by atoms with van der Waals surface area (Å²) in [6, 6.07) is 6.30. The first-order chi connectivity index (χ1) is 15.1. The van der Waals surface area contributed by atoms with Crippen LogP contribution in [0.2, 0.25) is 0 Å². The van der Waals surface area contributed by atoms with Gasteiger partial charge in [0.25, 0.3) is 0 Å². The van der Waals surface area contributed by atoms with Crippen LogP contribution < -0.4 is 10.2 Å². The predicted molar refractivity (Wildman–Crippen MR) is 111 cm³/mol. The zero-order valence-corrected chi connectivity index (χ0v) is 18.3. The van der Waals surface area contributed by atoms with Crippen molar-refractivity contribution < 1.29 is 35.9 Å². The van der Waals surface area contributed by atoms with Crippen molar-refractivity contribution in [3.63, 3.8) is 0 Å². The van der Waals surface area contributed by atoms with Crippen molar-refractivity contribution in [3.8, 4) is 0 Å². The Bertz CT molecular complexity index is 1060. The molecule has 178 valence electrons. The maximum Gasteiger partial charge on any atom is 0.416 e. The summed E-state index contributed by atoms with van der Waals surface area (Å²) in [5.41, 5.74) is -2.88. The number of anilines is 2. The van der Waals surface area contributed by atoms with Crippen LogP contribution in [-0.2, 0) is 21.9 Å². The third-order valence-corrected chi connectivity index (χ3v) is 6.15. The van der Waals surface area contributed by atoms with Crippen LogP contribution in [0.3, 0.4) is 0 Å². The zero-order valence-electron chi connectivity index (χ0n) is 18.3. The fourth-order valence-electron chi connectivity index (χ4n) is 4.04. The number of nitrogens with zero attached hydrogens (tertiary/aromatic N) is 1. The molecule has 1 saturated heterocycles. The minimum Gasteiger partial charge on any atom is -0.326 e. The number of rotatable bonds is 3. The van der Waals surface area contributed by atoms with Gasteiger partial charge in [0.2, 0.25) is 11.8 Å². The molecule has 0 radical (unpaired) electrons. The number of carbonyl (C=O) groups excluding carboxylic acids is 2. The number of nitrogens with one attached hydrogen (secondary N) is 1. The number of para-hydroxylation sites is 1. The van der Waals surface area contributed by atoms with Crippen LogP contribution in [0.25, 0.3) is 0 Å². The highest BCUT2D eigenvalue weighted by molar-refractivity contribution is 6.07. The quantitative estimate of drug-likeness (QED) is 0.560. The van der Waals surface area contributed by atoms with Crippen molar-refractivity contribution in [1.29, 1.82) is 0 Å². The van der Waals surface area contributed by atoms with E-state index in [-0.39, 0.29) is 18.5 Å². The summed E-state index contributed by atoms with van der Waals surface area (Å²) >= 11 is 0. The summed E-state index contributed by atoms with van der Waals surface area (Å²) in [4.78, 5) is 27.6. The number of hydrogen-bond acceptors (Lipinski definition) is 2. The summed E-state index contributed by atoms with van der Waals surface area (Å²) in [6.45, 7) is 6.52. The van der Waals surface area contributed by atoms with E-state index in [9.17, 15) is 35.9 Å². The fourth-order valence-corrected chi connectivity index (χ4v) is 4.04. The topological polar surface area (TPSA) is 49.4 Å². The van der Waals surface area contributed by atoms with Gasteiger partial charge in [0.05, 0.1) is 22.5 Å². The Hall–Kier alpha value is -3.04. The lowest BCUT2D eigenvalue weighted by atomic mass is 9.80. The molecule has 1 unspecified atom stereocenters. The monoisotopic (exact) mass is 472 g/mol. The van der Waals surface area contributed by atoms with Gasteiger partial charge in [-0.05, 0) is 50.1 Å². The molecule has 1 fully saturated rings. The van der Waals surface area contributed by atoms with Crippen LogP contribution in [0.4, 0.5) is 37.7 Å². The Morgan fingerprint density at radius 3 is 1.94 bits per heavy atom. The maximum absolute atomic E-state index is 13.1. The van der Waals surface area contributed by atoms with E-state index in [1.165, 1.54) is 18.7 Å². The van der Waals surface area contributed by atoms with E-state index >= 15 is 0 Å². The second-order valence-electron chi connectivity index (χ2n) is 8.55. The maximum atomic E-state index is 13.1. The van der Waals surface area contributed by atoms with Crippen LogP contribution in [0.1, 0.15) is 36.1 Å². The Labute approximate surface area is 186 Å². The average molecular weight is 472 g/mol. The molecular formula is C23H22F6N2O2. The lowest BCUT2D eigenvalue weighted by Crippen LogP contribution is -2.40. The number of halogens is 6. The molecule has 2 atom stereocenters. The van der Waals surface area contributed by atoms with Gasteiger partial charge >= 0.3 is 12.4 Å². The van der Waals surface area contributed by atoms with E-state index in [4.69, 9.17) is 0 Å². The van der Waals surface area contributed by atoms with Crippen LogP contribution in [0.15, 0.2) is 36.4 Å². The van der Waals surface area contributed by atoms with Gasteiger partial charge < -0.3 is 10.2 Å². The Balaban J connectivity index is 1.97. The molecule has 4 nitrogen and oxygen atoms in total. The van der Waals surface area contributed by atoms with E-state index < -0.39 is 46.4 Å². The average Bonchev–Trinajstić information content (AvgIpc) is 2.91. The summed E-state index contributed by atoms with van der Waals surface area (Å²) in [5.74, 6) is -2.06. The van der Waals surface area contributed by atoms with E-state index in [1.807, 2.05) is 6.07 Å². The van der Waals surface area contributed by atoms with Crippen molar-refractivity contribution in [3.05, 3.63) is 58.7 Å². The first-order valence-electron chi connectivity index (χ1n) is 10.0. The number of benzene rings is 2. The van der Waals surface area contributed by atoms with Crippen LogP contribution in [0.5, 0.6) is 0 Å². The predicted octanol–water partition coefficient (Wildman–Crippen LogP) is 5.97. The van der Waals surface area contributed by atoms with Crippen molar-refractivity contribution in [2.75, 3.05) is 16.8 Å². The zero-order chi connectivity index (χ0) is 24.9. The molecule has 2 amide bonds. The third-order valence-electron chi connectivity index (χ3n) is 6.15. The van der Waals surface area contributed by atoms with Crippen LogP contribution in [0, 0.1) is 25.2 Å². The molecule has 0 spiro atoms. The summed E-state index contributed by atoms with van der Waals surface area (Å²) in [6.07, 6.45) is -10.1. The summed E-state index contributed by atoms with van der Waals surface area (Å²) < 4.78 is 78.9. The number of carbonyl (C=O) groups is 2. The summed E-state index contributed by atoms with van der Waals surface area (Å²) in [5, 5.41) is 2.18. The van der Waals surface area contributed by atoms with Gasteiger partial charge in [0.15, 0.2) is 0 Å². The minimum atomic E-state index is -5.04. The molecule has 3 rings (SSSR count). The molecule has 0 bridgehead atoms. The van der Waals surface area contributed by atoms with Crippen LogP contribution >= 0.6 is 0 Å². The van der Waals surface area contributed by atoms with Gasteiger partial charge in [-0.2, -0.15) is 26.3 Å². The fraction of sp³-hybridized carbons (Fsp3) is 0.391. The highest BCUT2D eigenvalue weighted by Gasteiger charge is 2.52. The van der Waals surface area contributed by atoms with Crippen LogP contribution in [-0.4, -0.2) is 18.4 Å². The Morgan fingerprint density at radius 1 is 1.00 bits per heavy atom. The first-order valence-corrected chi connectivity index (χ1v) is 10.0. The molecule has 1 N–H and O–H groups in total. The Kier molecular flexibility index (Phi) is 6.02. The van der Waals surface area contributed by atoms with E-state index in [0.29, 0.717) is 17.8 Å². The highest BCUT2D eigenvalue weighted by Crippen LogP contribution is 2.43. The largest absolute Gasteiger partial charge is 0.416 e. The lowest BCUT2D eigenvalue weighted by Gasteiger charge is -2.27. The number of amides is 2. The molecule has 33 heavy (non-hydrogen) atoms. The van der Waals surface area contributed by atoms with Gasteiger partial charge in [-0.15, -0.1) is 0 Å². The van der Waals surface area contributed by atoms with E-state index in [2.05, 4.69) is 5.32 Å². The van der Waals surface area contributed by atoms with Crippen molar-refractivity contribution in [1.82, 2.24) is 0 Å². The molecule has 1 heterocycles. The molecule has 1 aliphatic rings. The molecule has 2 aromatic rings. The minimum absolute atomic E-state index is 0.0121. The van der Waals surface area contributed by atoms with Crippen molar-refractivity contribution >= 4 is 23.2 Å². The second-order valence-corrected chi connectivity index (χ2v) is 8.55. The molecule has 0 aliphatic carbocycles. The molecule has 10 heteroatoms. The van der Waals surface area contributed by atoms with E-state index in [1.54, 1.807) is 26.0 Å². The number of alkyl halides is 6. The SMILES string of the molecule is Cc1cccc(C)c1N1C[C@@](C)(C(=O)Nc2cc(C(F)(F)F)cc(C(F)(F)F)c2)C(C)C1=O. The molecule has 0 aromatic heterocycles. The van der Waals surface area contributed by atoms with Gasteiger partial charge in [0.1, 0.15) is 0 Å². The van der Waals surface area contributed by atoms with Gasteiger partial charge in [-0.1, -0.05) is 25.1 Å². The summed E-state index contributed by atoms with van der Waals surface area (Å²) in [7, 11) is 0. The first kappa shape index (κ1) is 24.6. The van der Waals surface area contributed by atoms with Gasteiger partial charge in [-0.25, -0.2) is 0 Å². The molecule has 0 saturated carbocycles. The third kappa shape index (κ3) is 4.56. The number of aryl methyl sites for hydroxylation is 2. The van der Waals surface area contributed by atoms with Gasteiger partial charge in [-0.3, -0.25) is 9.59 Å². The molecular weight excluding hydrogens is 450 g/mol. The van der Waals surface area contributed by atoms with E-state index in [0.717, 1.165) is 11.1 Å².